The summed E-state index contributed by atoms with van der Waals surface area (Å²) in [6, 6.07) is 11.4. The van der Waals surface area contributed by atoms with Crippen molar-refractivity contribution in [2.75, 3.05) is 11.9 Å². The van der Waals surface area contributed by atoms with Crippen LogP contribution in [0.1, 0.15) is 27.3 Å². The van der Waals surface area contributed by atoms with Gasteiger partial charge in [-0.3, -0.25) is 9.59 Å². The molecule has 0 aliphatic rings. The van der Waals surface area contributed by atoms with E-state index in [4.69, 9.17) is 33.2 Å². The number of thiophene rings is 1. The van der Waals surface area contributed by atoms with E-state index >= 15 is 0 Å². The van der Waals surface area contributed by atoms with Gasteiger partial charge < -0.3 is 15.4 Å². The first-order valence-corrected chi connectivity index (χ1v) is 12.7. The summed E-state index contributed by atoms with van der Waals surface area (Å²) in [6.07, 6.45) is 1.65. The average Bonchev–Trinajstić information content (AvgIpc) is 3.51. The molecule has 1 aromatic carbocycles. The summed E-state index contributed by atoms with van der Waals surface area (Å²) >= 11 is 17.3. The number of hydrogen-bond acceptors (Lipinski definition) is 7. The van der Waals surface area contributed by atoms with E-state index in [-0.39, 0.29) is 51.7 Å². The number of anilines is 1. The van der Waals surface area contributed by atoms with Gasteiger partial charge in [-0.15, -0.1) is 16.4 Å². The van der Waals surface area contributed by atoms with Crippen LogP contribution >= 0.6 is 50.5 Å². The Bertz CT molecular complexity index is 1470. The molecule has 0 fully saturated rings. The number of carbonyl (C=O) groups excluding carboxylic acids is 2. The molecule has 0 atom stereocenters. The summed E-state index contributed by atoms with van der Waals surface area (Å²) in [5.74, 6) is -0.204. The second-order valence-corrected chi connectivity index (χ2v) is 9.56. The molecule has 36 heavy (non-hydrogen) atoms. The molecular formula is C23H15BrCl2N6O3S. The van der Waals surface area contributed by atoms with E-state index in [0.29, 0.717) is 10.2 Å². The van der Waals surface area contributed by atoms with Gasteiger partial charge in [0.25, 0.3) is 11.8 Å². The largest absolute Gasteiger partial charge is 0.437 e. The van der Waals surface area contributed by atoms with Crippen molar-refractivity contribution in [1.29, 1.82) is 5.26 Å². The molecule has 2 amide bonds. The highest BCUT2D eigenvalue weighted by molar-refractivity contribution is 9.10. The van der Waals surface area contributed by atoms with Crippen LogP contribution in [0.15, 0.2) is 57.8 Å². The lowest BCUT2D eigenvalue weighted by molar-refractivity contribution is 0.0955. The maximum absolute atomic E-state index is 13.5. The highest BCUT2D eigenvalue weighted by atomic mass is 79.9. The molecule has 4 aromatic rings. The van der Waals surface area contributed by atoms with Gasteiger partial charge in [-0.25, -0.2) is 9.67 Å². The van der Waals surface area contributed by atoms with Crippen molar-refractivity contribution >= 4 is 68.0 Å². The molecule has 3 aromatic heterocycles. The predicted octanol–water partition coefficient (Wildman–Crippen LogP) is 6.09. The highest BCUT2D eigenvalue weighted by Crippen LogP contribution is 2.32. The Balaban J connectivity index is 1.72. The van der Waals surface area contributed by atoms with Crippen LogP contribution in [-0.4, -0.2) is 33.1 Å². The topological polar surface area (TPSA) is 122 Å². The van der Waals surface area contributed by atoms with Gasteiger partial charge in [0, 0.05) is 33.7 Å². The zero-order valence-corrected chi connectivity index (χ0v) is 22.1. The minimum absolute atomic E-state index is 0.0542. The van der Waals surface area contributed by atoms with Crippen molar-refractivity contribution in [2.24, 2.45) is 0 Å². The minimum atomic E-state index is -0.613. The Morgan fingerprint density at radius 1 is 1.22 bits per heavy atom. The molecule has 0 aliphatic heterocycles. The number of nitrogens with zero attached hydrogens (tertiary/aromatic N) is 4. The van der Waals surface area contributed by atoms with Crippen LogP contribution in [0, 0.1) is 11.3 Å². The standard InChI is InChI=1S/C23H15BrCl2N6O3S/c24-16-10-13(25)9-15(22(33)29-7-2-5-27)20(16)30-23(34)18-11-19(35-14-4-8-36-12-14)31-32(18)21-17(26)3-1-6-28-21/h1,3-4,6,8-12H,2,7H2,(H,29,33)(H,30,34). The highest BCUT2D eigenvalue weighted by Gasteiger charge is 2.24. The Hall–Kier alpha value is -3.43. The summed E-state index contributed by atoms with van der Waals surface area (Å²) in [4.78, 5) is 30.5. The lowest BCUT2D eigenvalue weighted by Gasteiger charge is -2.14. The molecule has 9 nitrogen and oxygen atoms in total. The first-order valence-electron chi connectivity index (χ1n) is 10.2. The molecule has 0 saturated carbocycles. The molecule has 13 heteroatoms. The monoisotopic (exact) mass is 604 g/mol. The Morgan fingerprint density at radius 2 is 2.06 bits per heavy atom. The van der Waals surface area contributed by atoms with Gasteiger partial charge in [-0.1, -0.05) is 23.2 Å². The van der Waals surface area contributed by atoms with Crippen molar-refractivity contribution in [3.8, 4) is 23.5 Å². The summed E-state index contributed by atoms with van der Waals surface area (Å²) in [6.45, 7) is 0.140. The van der Waals surface area contributed by atoms with Gasteiger partial charge in [0.05, 0.1) is 28.8 Å². The fourth-order valence-corrected chi connectivity index (χ4v) is 4.74. The summed E-state index contributed by atoms with van der Waals surface area (Å²) < 4.78 is 7.41. The fraction of sp³-hybridized carbons (Fsp3) is 0.0870. The van der Waals surface area contributed by atoms with E-state index in [1.807, 2.05) is 11.4 Å². The summed E-state index contributed by atoms with van der Waals surface area (Å²) in [5, 5.41) is 22.7. The van der Waals surface area contributed by atoms with Gasteiger partial charge in [0.2, 0.25) is 5.88 Å². The number of rotatable bonds is 8. The number of benzene rings is 1. The zero-order valence-electron chi connectivity index (χ0n) is 18.2. The van der Waals surface area contributed by atoms with Crippen molar-refractivity contribution in [3.63, 3.8) is 0 Å². The molecule has 0 bridgehead atoms. The molecule has 3 heterocycles. The van der Waals surface area contributed by atoms with Gasteiger partial charge in [-0.2, -0.15) is 5.26 Å². The minimum Gasteiger partial charge on any atom is -0.437 e. The van der Waals surface area contributed by atoms with Crippen molar-refractivity contribution in [3.05, 3.63) is 79.1 Å². The molecule has 0 radical (unpaired) electrons. The number of nitriles is 1. The average molecular weight is 606 g/mol. The number of halogens is 3. The first-order chi connectivity index (χ1) is 17.4. The number of carbonyl (C=O) groups is 2. The molecule has 0 aliphatic carbocycles. The molecule has 2 N–H and O–H groups in total. The van der Waals surface area contributed by atoms with Crippen LogP contribution < -0.4 is 15.4 Å². The summed E-state index contributed by atoms with van der Waals surface area (Å²) in [5.41, 5.74) is 0.342. The van der Waals surface area contributed by atoms with E-state index in [2.05, 4.69) is 36.6 Å². The number of hydrogen-bond donors (Lipinski definition) is 2. The van der Waals surface area contributed by atoms with E-state index < -0.39 is 11.8 Å². The summed E-state index contributed by atoms with van der Waals surface area (Å²) in [7, 11) is 0. The van der Waals surface area contributed by atoms with Gasteiger partial charge >= 0.3 is 0 Å². The first kappa shape index (κ1) is 25.7. The number of pyridine rings is 1. The van der Waals surface area contributed by atoms with Crippen LogP contribution in [-0.2, 0) is 0 Å². The third kappa shape index (κ3) is 5.85. The fourth-order valence-electron chi connectivity index (χ4n) is 3.08. The van der Waals surface area contributed by atoms with Gasteiger partial charge in [0.1, 0.15) is 11.4 Å². The SMILES string of the molecule is N#CCCNC(=O)c1cc(Cl)cc(Br)c1NC(=O)c1cc(Oc2ccsc2)nn1-c1ncccc1Cl. The molecule has 0 unspecified atom stereocenters. The lowest BCUT2D eigenvalue weighted by atomic mass is 10.1. The third-order valence-electron chi connectivity index (χ3n) is 4.64. The number of ether oxygens (including phenoxy) is 1. The van der Waals surface area contributed by atoms with Gasteiger partial charge in [-0.05, 0) is 51.6 Å². The molecular weight excluding hydrogens is 591 g/mol. The van der Waals surface area contributed by atoms with Crippen LogP contribution in [0.25, 0.3) is 5.82 Å². The Labute approximate surface area is 227 Å². The maximum atomic E-state index is 13.5. The van der Waals surface area contributed by atoms with E-state index in [1.54, 1.807) is 29.6 Å². The lowest BCUT2D eigenvalue weighted by Crippen LogP contribution is -2.26. The number of nitrogens with one attached hydrogen (secondary N) is 2. The second-order valence-electron chi connectivity index (χ2n) is 7.08. The predicted molar refractivity (Wildman–Crippen MR) is 140 cm³/mol. The molecule has 4 rings (SSSR count). The normalized spacial score (nSPS) is 10.5. The van der Waals surface area contributed by atoms with Crippen molar-refractivity contribution < 1.29 is 14.3 Å². The van der Waals surface area contributed by atoms with Crippen molar-refractivity contribution in [1.82, 2.24) is 20.1 Å². The quantitative estimate of drug-likeness (QED) is 0.235. The van der Waals surface area contributed by atoms with Gasteiger partial charge in [0.15, 0.2) is 5.82 Å². The van der Waals surface area contributed by atoms with Crippen LogP contribution in [0.4, 0.5) is 5.69 Å². The van der Waals surface area contributed by atoms with E-state index in [1.165, 1.54) is 34.3 Å². The third-order valence-corrected chi connectivity index (χ3v) is 6.44. The van der Waals surface area contributed by atoms with E-state index in [0.717, 1.165) is 0 Å². The number of aromatic nitrogens is 3. The second kappa shape index (κ2) is 11.5. The van der Waals surface area contributed by atoms with Crippen LogP contribution in [0.3, 0.4) is 0 Å². The Morgan fingerprint density at radius 3 is 2.78 bits per heavy atom. The Kier molecular flexibility index (Phi) is 8.22. The van der Waals surface area contributed by atoms with Crippen LogP contribution in [0.5, 0.6) is 11.6 Å². The zero-order chi connectivity index (χ0) is 25.7. The molecule has 0 spiro atoms. The number of amides is 2. The molecule has 182 valence electrons. The van der Waals surface area contributed by atoms with Crippen molar-refractivity contribution in [2.45, 2.75) is 6.42 Å². The smallest absolute Gasteiger partial charge is 0.274 e. The molecule has 0 saturated heterocycles. The van der Waals surface area contributed by atoms with Crippen LogP contribution in [0.2, 0.25) is 10.0 Å². The van der Waals surface area contributed by atoms with E-state index in [9.17, 15) is 9.59 Å². The maximum Gasteiger partial charge on any atom is 0.274 e.